The molecule has 0 aromatic carbocycles. The van der Waals surface area contributed by atoms with Crippen molar-refractivity contribution < 1.29 is 0 Å². The summed E-state index contributed by atoms with van der Waals surface area (Å²) in [6.07, 6.45) is 5.78. The molecule has 0 saturated heterocycles. The first kappa shape index (κ1) is 12.7. The number of anilines is 1. The summed E-state index contributed by atoms with van der Waals surface area (Å²) in [6.45, 7) is 0.763. The number of aromatic amines is 1. The Bertz CT molecular complexity index is 435. The van der Waals surface area contributed by atoms with Crippen LogP contribution in [0.5, 0.6) is 0 Å². The molecule has 1 saturated carbocycles. The Balaban J connectivity index is 1.93. The smallest absolute Gasteiger partial charge is 0.271 e. The summed E-state index contributed by atoms with van der Waals surface area (Å²) in [5, 5.41) is 3.51. The van der Waals surface area contributed by atoms with Gasteiger partial charge in [0.1, 0.15) is 5.02 Å². The van der Waals surface area contributed by atoms with Gasteiger partial charge in [0.2, 0.25) is 0 Å². The summed E-state index contributed by atoms with van der Waals surface area (Å²) >= 11 is 12.0. The highest BCUT2D eigenvalue weighted by Gasteiger charge is 2.20. The topological polar surface area (TPSA) is 57.8 Å². The summed E-state index contributed by atoms with van der Waals surface area (Å²) in [5.41, 5.74) is -0.317. The number of alkyl halides is 1. The van der Waals surface area contributed by atoms with Gasteiger partial charge in [0.05, 0.1) is 6.33 Å². The third kappa shape index (κ3) is 3.36. The van der Waals surface area contributed by atoms with Crippen molar-refractivity contribution in [1.82, 2.24) is 9.97 Å². The lowest BCUT2D eigenvalue weighted by molar-refractivity contribution is 0.378. The van der Waals surface area contributed by atoms with Gasteiger partial charge in [0, 0.05) is 11.9 Å². The fourth-order valence-corrected chi connectivity index (χ4v) is 2.73. The van der Waals surface area contributed by atoms with Crippen LogP contribution < -0.4 is 10.9 Å². The van der Waals surface area contributed by atoms with Gasteiger partial charge in [-0.3, -0.25) is 4.79 Å². The quantitative estimate of drug-likeness (QED) is 0.834. The molecule has 1 aromatic heterocycles. The second kappa shape index (κ2) is 5.74. The lowest BCUT2D eigenvalue weighted by Crippen LogP contribution is -2.23. The van der Waals surface area contributed by atoms with Crippen LogP contribution in [0, 0.1) is 5.92 Å². The van der Waals surface area contributed by atoms with Gasteiger partial charge in [-0.05, 0) is 25.2 Å². The van der Waals surface area contributed by atoms with Crippen LogP contribution in [0.25, 0.3) is 0 Å². The first-order chi connectivity index (χ1) is 8.16. The van der Waals surface area contributed by atoms with E-state index in [-0.39, 0.29) is 16.0 Å². The maximum atomic E-state index is 11.3. The molecule has 1 aliphatic rings. The molecular formula is C11H15Cl2N3O. The molecule has 0 aliphatic heterocycles. The van der Waals surface area contributed by atoms with Crippen LogP contribution in [0.15, 0.2) is 11.1 Å². The zero-order valence-electron chi connectivity index (χ0n) is 9.38. The van der Waals surface area contributed by atoms with Gasteiger partial charge in [-0.25, -0.2) is 4.98 Å². The largest absolute Gasteiger partial charge is 0.368 e. The molecule has 1 heterocycles. The van der Waals surface area contributed by atoms with Crippen molar-refractivity contribution in [1.29, 1.82) is 0 Å². The Morgan fingerprint density at radius 1 is 1.53 bits per heavy atom. The van der Waals surface area contributed by atoms with Crippen LogP contribution in [-0.2, 0) is 0 Å². The number of nitrogens with zero attached hydrogens (tertiary/aromatic N) is 1. The van der Waals surface area contributed by atoms with Crippen molar-refractivity contribution in [2.24, 2.45) is 5.92 Å². The molecule has 0 spiro atoms. The van der Waals surface area contributed by atoms with E-state index >= 15 is 0 Å². The minimum Gasteiger partial charge on any atom is -0.368 e. The monoisotopic (exact) mass is 275 g/mol. The van der Waals surface area contributed by atoms with E-state index in [0.29, 0.717) is 11.7 Å². The van der Waals surface area contributed by atoms with Crippen molar-refractivity contribution in [2.45, 2.75) is 31.1 Å². The number of nitrogens with one attached hydrogen (secondary N) is 2. The number of H-pyrrole nitrogens is 1. The molecule has 2 unspecified atom stereocenters. The van der Waals surface area contributed by atoms with Gasteiger partial charge >= 0.3 is 0 Å². The number of hydrogen-bond donors (Lipinski definition) is 2. The average molecular weight is 276 g/mol. The van der Waals surface area contributed by atoms with Gasteiger partial charge in [0.15, 0.2) is 5.82 Å². The zero-order chi connectivity index (χ0) is 12.3. The molecule has 6 heteroatoms. The van der Waals surface area contributed by atoms with Crippen LogP contribution in [0.2, 0.25) is 5.02 Å². The molecule has 1 fully saturated rings. The first-order valence-corrected chi connectivity index (χ1v) is 6.59. The summed E-state index contributed by atoms with van der Waals surface area (Å²) < 4.78 is 0. The molecule has 1 aromatic rings. The van der Waals surface area contributed by atoms with Crippen LogP contribution in [-0.4, -0.2) is 21.9 Å². The van der Waals surface area contributed by atoms with E-state index in [0.717, 1.165) is 32.2 Å². The molecular weight excluding hydrogens is 261 g/mol. The minimum absolute atomic E-state index is 0.116. The summed E-state index contributed by atoms with van der Waals surface area (Å²) in [6, 6.07) is 0. The molecule has 0 bridgehead atoms. The highest BCUT2D eigenvalue weighted by molar-refractivity contribution is 6.32. The Morgan fingerprint density at radius 3 is 3.12 bits per heavy atom. The number of hydrogen-bond acceptors (Lipinski definition) is 3. The lowest BCUT2D eigenvalue weighted by Gasteiger charge is -2.25. The predicted molar refractivity (Wildman–Crippen MR) is 70.0 cm³/mol. The van der Waals surface area contributed by atoms with E-state index in [4.69, 9.17) is 23.2 Å². The fraction of sp³-hybridized carbons (Fsp3) is 0.636. The van der Waals surface area contributed by atoms with E-state index in [1.807, 2.05) is 0 Å². The molecule has 2 atom stereocenters. The van der Waals surface area contributed by atoms with Gasteiger partial charge in [-0.2, -0.15) is 0 Å². The summed E-state index contributed by atoms with van der Waals surface area (Å²) in [4.78, 5) is 17.7. The molecule has 94 valence electrons. The first-order valence-electron chi connectivity index (χ1n) is 5.78. The Kier molecular flexibility index (Phi) is 4.29. The normalized spacial score (nSPS) is 24.6. The van der Waals surface area contributed by atoms with Gasteiger partial charge in [-0.15, -0.1) is 11.6 Å². The van der Waals surface area contributed by atoms with E-state index in [9.17, 15) is 4.79 Å². The maximum Gasteiger partial charge on any atom is 0.271 e. The molecule has 2 rings (SSSR count). The average Bonchev–Trinajstić information content (AvgIpc) is 2.31. The summed E-state index contributed by atoms with van der Waals surface area (Å²) in [5.74, 6) is 0.982. The SMILES string of the molecule is O=c1[nH]cnc(NCC2CCCC(Cl)C2)c1Cl. The third-order valence-corrected chi connectivity index (χ3v) is 3.82. The molecule has 0 radical (unpaired) electrons. The highest BCUT2D eigenvalue weighted by atomic mass is 35.5. The van der Waals surface area contributed by atoms with Gasteiger partial charge < -0.3 is 10.3 Å². The van der Waals surface area contributed by atoms with Crippen molar-refractivity contribution >= 4 is 29.0 Å². The Labute approximate surface area is 110 Å². The molecule has 2 N–H and O–H groups in total. The number of rotatable bonds is 3. The molecule has 1 aliphatic carbocycles. The molecule has 17 heavy (non-hydrogen) atoms. The van der Waals surface area contributed by atoms with Crippen molar-refractivity contribution in [3.63, 3.8) is 0 Å². The van der Waals surface area contributed by atoms with Crippen molar-refractivity contribution in [2.75, 3.05) is 11.9 Å². The second-order valence-electron chi connectivity index (χ2n) is 4.41. The van der Waals surface area contributed by atoms with Gasteiger partial charge in [-0.1, -0.05) is 18.0 Å². The number of aromatic nitrogens is 2. The van der Waals surface area contributed by atoms with E-state index in [1.54, 1.807) is 0 Å². The summed E-state index contributed by atoms with van der Waals surface area (Å²) in [7, 11) is 0. The lowest BCUT2D eigenvalue weighted by atomic mass is 9.89. The minimum atomic E-state index is -0.317. The Morgan fingerprint density at radius 2 is 2.35 bits per heavy atom. The molecule has 4 nitrogen and oxygen atoms in total. The van der Waals surface area contributed by atoms with Crippen molar-refractivity contribution in [3.05, 3.63) is 21.7 Å². The standard InChI is InChI=1S/C11H15Cl2N3O/c12-8-3-1-2-7(4-8)5-14-10-9(13)11(17)16-6-15-10/h6-8H,1-5H2,(H2,14,15,16,17). The van der Waals surface area contributed by atoms with E-state index in [2.05, 4.69) is 15.3 Å². The van der Waals surface area contributed by atoms with Crippen LogP contribution in [0.3, 0.4) is 0 Å². The second-order valence-corrected chi connectivity index (χ2v) is 5.40. The van der Waals surface area contributed by atoms with E-state index < -0.39 is 0 Å². The van der Waals surface area contributed by atoms with E-state index in [1.165, 1.54) is 6.33 Å². The van der Waals surface area contributed by atoms with Crippen molar-refractivity contribution in [3.8, 4) is 0 Å². The number of halogens is 2. The van der Waals surface area contributed by atoms with Crippen LogP contribution in [0.4, 0.5) is 5.82 Å². The highest BCUT2D eigenvalue weighted by Crippen LogP contribution is 2.28. The van der Waals surface area contributed by atoms with Crippen LogP contribution in [0.1, 0.15) is 25.7 Å². The maximum absolute atomic E-state index is 11.3. The zero-order valence-corrected chi connectivity index (χ0v) is 10.9. The fourth-order valence-electron chi connectivity index (χ4n) is 2.16. The third-order valence-electron chi connectivity index (χ3n) is 3.07. The predicted octanol–water partition coefficient (Wildman–Crippen LogP) is 2.63. The van der Waals surface area contributed by atoms with Gasteiger partial charge in [0.25, 0.3) is 5.56 Å². The Hall–Kier alpha value is -0.740. The van der Waals surface area contributed by atoms with Crippen LogP contribution >= 0.6 is 23.2 Å². The molecule has 0 amide bonds.